The number of aromatic nitrogens is 3. The number of hydrogen-bond donors (Lipinski definition) is 2. The molecule has 1 aliphatic heterocycles. The predicted octanol–water partition coefficient (Wildman–Crippen LogP) is 1.95. The lowest BCUT2D eigenvalue weighted by atomic mass is 9.98. The third-order valence-electron chi connectivity index (χ3n) is 4.50. The van der Waals surface area contributed by atoms with E-state index in [1.165, 1.54) is 5.56 Å². The Morgan fingerprint density at radius 3 is 2.92 bits per heavy atom. The second-order valence-electron chi connectivity index (χ2n) is 6.61. The van der Waals surface area contributed by atoms with Crippen LogP contribution < -0.4 is 10.5 Å². The number of nitrogens with zero attached hydrogens (tertiary/aromatic N) is 3. The number of amides is 1. The molecule has 0 saturated carbocycles. The van der Waals surface area contributed by atoms with E-state index in [4.69, 9.17) is 10.5 Å². The fourth-order valence-corrected chi connectivity index (χ4v) is 3.08. The van der Waals surface area contributed by atoms with Crippen LogP contribution in [-0.4, -0.2) is 45.7 Å². The van der Waals surface area contributed by atoms with Gasteiger partial charge in [-0.25, -0.2) is 0 Å². The lowest BCUT2D eigenvalue weighted by Crippen LogP contribution is -2.41. The first kappa shape index (κ1) is 17.3. The highest BCUT2D eigenvalue weighted by Gasteiger charge is 2.24. The number of H-pyrrole nitrogens is 1. The standard InChI is InChI=1S/C18H25N5O2/c1-13-4-6-15(7-5-13)25-12-14-3-2-10-23(11-14)17(24)9-8-16-20-18(19)22-21-16/h4-7,14H,2-3,8-12H2,1H3,(H3,19,20,21,22). The number of nitrogen functional groups attached to an aromatic ring is 1. The van der Waals surface area contributed by atoms with E-state index in [0.29, 0.717) is 31.2 Å². The Morgan fingerprint density at radius 2 is 2.20 bits per heavy atom. The van der Waals surface area contributed by atoms with Crippen LogP contribution in [0.1, 0.15) is 30.7 Å². The number of ether oxygens (including phenoxy) is 1. The number of benzene rings is 1. The Hall–Kier alpha value is -2.57. The van der Waals surface area contributed by atoms with Crippen LogP contribution in [0.15, 0.2) is 24.3 Å². The summed E-state index contributed by atoms with van der Waals surface area (Å²) in [5.41, 5.74) is 6.69. The molecule has 0 spiro atoms. The smallest absolute Gasteiger partial charge is 0.239 e. The molecule has 2 aromatic rings. The van der Waals surface area contributed by atoms with Crippen molar-refractivity contribution in [1.82, 2.24) is 20.1 Å². The highest BCUT2D eigenvalue weighted by molar-refractivity contribution is 5.76. The van der Waals surface area contributed by atoms with Crippen molar-refractivity contribution in [3.63, 3.8) is 0 Å². The molecule has 1 aromatic heterocycles. The molecule has 7 heteroatoms. The summed E-state index contributed by atoms with van der Waals surface area (Å²) in [6.45, 7) is 4.27. The van der Waals surface area contributed by atoms with E-state index < -0.39 is 0 Å². The van der Waals surface area contributed by atoms with Gasteiger partial charge >= 0.3 is 0 Å². The van der Waals surface area contributed by atoms with Crippen molar-refractivity contribution in [2.45, 2.75) is 32.6 Å². The molecular formula is C18H25N5O2. The summed E-state index contributed by atoms with van der Waals surface area (Å²) in [6.07, 6.45) is 3.06. The van der Waals surface area contributed by atoms with Crippen LogP contribution in [-0.2, 0) is 11.2 Å². The lowest BCUT2D eigenvalue weighted by Gasteiger charge is -2.32. The van der Waals surface area contributed by atoms with Crippen molar-refractivity contribution >= 4 is 11.9 Å². The molecule has 1 aromatic carbocycles. The van der Waals surface area contributed by atoms with Crippen molar-refractivity contribution in [3.05, 3.63) is 35.7 Å². The quantitative estimate of drug-likeness (QED) is 0.835. The van der Waals surface area contributed by atoms with Crippen LogP contribution in [0.2, 0.25) is 0 Å². The summed E-state index contributed by atoms with van der Waals surface area (Å²) in [4.78, 5) is 18.4. The van der Waals surface area contributed by atoms with E-state index in [0.717, 1.165) is 31.7 Å². The van der Waals surface area contributed by atoms with E-state index in [1.54, 1.807) is 0 Å². The molecule has 3 N–H and O–H groups in total. The summed E-state index contributed by atoms with van der Waals surface area (Å²) in [7, 11) is 0. The molecule has 0 radical (unpaired) electrons. The van der Waals surface area contributed by atoms with Gasteiger partial charge in [-0.3, -0.25) is 9.89 Å². The van der Waals surface area contributed by atoms with Gasteiger partial charge in [0, 0.05) is 31.8 Å². The number of aromatic amines is 1. The number of carbonyl (C=O) groups is 1. The van der Waals surface area contributed by atoms with Crippen LogP contribution in [0, 0.1) is 12.8 Å². The van der Waals surface area contributed by atoms with Crippen molar-refractivity contribution in [2.24, 2.45) is 5.92 Å². The number of piperidine rings is 1. The first-order valence-corrected chi connectivity index (χ1v) is 8.74. The highest BCUT2D eigenvalue weighted by atomic mass is 16.5. The molecule has 2 heterocycles. The number of hydrogen-bond acceptors (Lipinski definition) is 5. The minimum Gasteiger partial charge on any atom is -0.493 e. The van der Waals surface area contributed by atoms with Gasteiger partial charge in [0.25, 0.3) is 0 Å². The van der Waals surface area contributed by atoms with Gasteiger partial charge < -0.3 is 15.4 Å². The second-order valence-corrected chi connectivity index (χ2v) is 6.61. The molecule has 3 rings (SSSR count). The van der Waals surface area contributed by atoms with E-state index in [-0.39, 0.29) is 11.9 Å². The van der Waals surface area contributed by atoms with Gasteiger partial charge in [-0.05, 0) is 31.9 Å². The zero-order valence-electron chi connectivity index (χ0n) is 14.6. The Labute approximate surface area is 147 Å². The summed E-state index contributed by atoms with van der Waals surface area (Å²) in [5, 5.41) is 6.52. The summed E-state index contributed by atoms with van der Waals surface area (Å²) < 4.78 is 5.89. The monoisotopic (exact) mass is 343 g/mol. The third-order valence-corrected chi connectivity index (χ3v) is 4.50. The van der Waals surface area contributed by atoms with Gasteiger partial charge in [-0.2, -0.15) is 4.98 Å². The first-order valence-electron chi connectivity index (χ1n) is 8.74. The summed E-state index contributed by atoms with van der Waals surface area (Å²) in [6, 6.07) is 8.07. The van der Waals surface area contributed by atoms with Crippen LogP contribution >= 0.6 is 0 Å². The van der Waals surface area contributed by atoms with E-state index in [9.17, 15) is 4.79 Å². The average Bonchev–Trinajstić information content (AvgIpc) is 3.05. The zero-order valence-corrected chi connectivity index (χ0v) is 14.6. The highest BCUT2D eigenvalue weighted by Crippen LogP contribution is 2.20. The maximum atomic E-state index is 12.4. The van der Waals surface area contributed by atoms with Crippen molar-refractivity contribution < 1.29 is 9.53 Å². The number of nitrogens with two attached hydrogens (primary N) is 1. The topological polar surface area (TPSA) is 97.1 Å². The predicted molar refractivity (Wildman–Crippen MR) is 95.1 cm³/mol. The first-order chi connectivity index (χ1) is 12.1. The average molecular weight is 343 g/mol. The number of likely N-dealkylation sites (tertiary alicyclic amines) is 1. The number of nitrogens with one attached hydrogen (secondary N) is 1. The van der Waals surface area contributed by atoms with Gasteiger partial charge in [-0.15, -0.1) is 5.10 Å². The van der Waals surface area contributed by atoms with Crippen LogP contribution in [0.25, 0.3) is 0 Å². The molecule has 1 saturated heterocycles. The van der Waals surface area contributed by atoms with Gasteiger partial charge in [-0.1, -0.05) is 17.7 Å². The molecule has 1 fully saturated rings. The maximum absolute atomic E-state index is 12.4. The summed E-state index contributed by atoms with van der Waals surface area (Å²) >= 11 is 0. The molecule has 25 heavy (non-hydrogen) atoms. The van der Waals surface area contributed by atoms with Crippen LogP contribution in [0.3, 0.4) is 0 Å². The van der Waals surface area contributed by atoms with Gasteiger partial charge in [0.1, 0.15) is 11.6 Å². The van der Waals surface area contributed by atoms with Crippen molar-refractivity contribution in [1.29, 1.82) is 0 Å². The van der Waals surface area contributed by atoms with Crippen LogP contribution in [0.5, 0.6) is 5.75 Å². The molecule has 1 atom stereocenters. The number of carbonyl (C=O) groups excluding carboxylic acids is 1. The van der Waals surface area contributed by atoms with E-state index in [2.05, 4.69) is 22.1 Å². The minimum atomic E-state index is 0.148. The molecule has 0 aliphatic carbocycles. The number of aryl methyl sites for hydroxylation is 2. The molecule has 134 valence electrons. The maximum Gasteiger partial charge on any atom is 0.239 e. The molecule has 1 amide bonds. The Bertz CT molecular complexity index is 698. The van der Waals surface area contributed by atoms with Gasteiger partial charge in [0.15, 0.2) is 0 Å². The normalized spacial score (nSPS) is 17.5. The van der Waals surface area contributed by atoms with Crippen molar-refractivity contribution in [2.75, 3.05) is 25.4 Å². The summed E-state index contributed by atoms with van der Waals surface area (Å²) in [5.74, 6) is 2.28. The SMILES string of the molecule is Cc1ccc(OCC2CCCN(C(=O)CCc3nc(N)n[nH]3)C2)cc1. The second kappa shape index (κ2) is 8.00. The fraction of sp³-hybridized carbons (Fsp3) is 0.500. The van der Waals surface area contributed by atoms with E-state index >= 15 is 0 Å². The number of rotatable bonds is 6. The number of anilines is 1. The largest absolute Gasteiger partial charge is 0.493 e. The third kappa shape index (κ3) is 4.95. The molecule has 0 bridgehead atoms. The van der Waals surface area contributed by atoms with E-state index in [1.807, 2.05) is 29.2 Å². The van der Waals surface area contributed by atoms with Gasteiger partial charge in [0.05, 0.1) is 6.61 Å². The molecule has 7 nitrogen and oxygen atoms in total. The van der Waals surface area contributed by atoms with Crippen molar-refractivity contribution in [3.8, 4) is 5.75 Å². The molecular weight excluding hydrogens is 318 g/mol. The molecule has 1 aliphatic rings. The fourth-order valence-electron chi connectivity index (χ4n) is 3.08. The lowest BCUT2D eigenvalue weighted by molar-refractivity contribution is -0.133. The van der Waals surface area contributed by atoms with Crippen LogP contribution in [0.4, 0.5) is 5.95 Å². The minimum absolute atomic E-state index is 0.148. The zero-order chi connectivity index (χ0) is 17.6. The van der Waals surface area contributed by atoms with Gasteiger partial charge in [0.2, 0.25) is 11.9 Å². The molecule has 1 unspecified atom stereocenters. The Morgan fingerprint density at radius 1 is 1.40 bits per heavy atom. The Balaban J connectivity index is 1.45. The Kier molecular flexibility index (Phi) is 5.53.